The topological polar surface area (TPSA) is 71.3 Å². The Kier molecular flexibility index (Phi) is 7.18. The minimum atomic E-state index is -3.36. The lowest BCUT2D eigenvalue weighted by Gasteiger charge is -2.41. The van der Waals surface area contributed by atoms with Gasteiger partial charge >= 0.3 is 5.92 Å². The largest absolute Gasteiger partial charge is 0.414 e. The third-order valence-electron chi connectivity index (χ3n) is 7.56. The second-order valence-corrected chi connectivity index (χ2v) is 22.0. The molecule has 12 heteroatoms. The maximum atomic E-state index is 16.1. The molecule has 2 aromatic heterocycles. The number of nitrogens with zero attached hydrogens (tertiary/aromatic N) is 4. The van der Waals surface area contributed by atoms with Gasteiger partial charge in [-0.2, -0.15) is 8.78 Å². The van der Waals surface area contributed by atoms with Gasteiger partial charge in [0.05, 0.1) is 12.9 Å². The summed E-state index contributed by atoms with van der Waals surface area (Å²) >= 11 is 6.10. The zero-order valence-electron chi connectivity index (χ0n) is 21.7. The summed E-state index contributed by atoms with van der Waals surface area (Å²) in [6, 6.07) is 0. The fourth-order valence-electron chi connectivity index (χ4n) is 3.24. The highest BCUT2D eigenvalue weighted by molar-refractivity contribution is 6.74. The Morgan fingerprint density at radius 3 is 2.18 bits per heavy atom. The van der Waals surface area contributed by atoms with Crippen molar-refractivity contribution in [2.24, 2.45) is 0 Å². The number of alkyl halides is 2. The molecule has 34 heavy (non-hydrogen) atoms. The molecule has 7 nitrogen and oxygen atoms in total. The summed E-state index contributed by atoms with van der Waals surface area (Å²) in [4.78, 5) is 12.2. The maximum Gasteiger partial charge on any atom is 0.319 e. The van der Waals surface area contributed by atoms with Crippen molar-refractivity contribution in [2.75, 3.05) is 6.61 Å². The molecule has 0 saturated carbocycles. The van der Waals surface area contributed by atoms with E-state index in [9.17, 15) is 0 Å². The smallest absolute Gasteiger partial charge is 0.319 e. The van der Waals surface area contributed by atoms with E-state index in [0.717, 1.165) is 0 Å². The fraction of sp³-hybridized carbons (Fsp3) is 0.773. The molecule has 3 heterocycles. The van der Waals surface area contributed by atoms with Crippen LogP contribution in [-0.2, 0) is 13.6 Å². The first-order chi connectivity index (χ1) is 15.3. The van der Waals surface area contributed by atoms with Crippen molar-refractivity contribution in [3.05, 3.63) is 17.8 Å². The molecule has 1 fully saturated rings. The Labute approximate surface area is 207 Å². The van der Waals surface area contributed by atoms with Gasteiger partial charge in [-0.3, -0.25) is 4.57 Å². The van der Waals surface area contributed by atoms with Crippen LogP contribution in [0.5, 0.6) is 0 Å². The van der Waals surface area contributed by atoms with E-state index in [2.05, 4.69) is 48.8 Å². The van der Waals surface area contributed by atoms with Crippen LogP contribution >= 0.6 is 11.6 Å². The average molecular weight is 535 g/mol. The Hall–Kier alpha value is -0.986. The lowest BCUT2D eigenvalue weighted by Crippen LogP contribution is -2.53. The van der Waals surface area contributed by atoms with Gasteiger partial charge in [-0.1, -0.05) is 53.1 Å². The molecule has 3 rings (SSSR count). The highest BCUT2D eigenvalue weighted by Crippen LogP contribution is 2.49. The van der Waals surface area contributed by atoms with Crippen LogP contribution in [0, 0.1) is 0 Å². The first-order valence-electron chi connectivity index (χ1n) is 11.5. The van der Waals surface area contributed by atoms with Crippen LogP contribution < -0.4 is 0 Å². The van der Waals surface area contributed by atoms with E-state index < -0.39 is 41.0 Å². The molecule has 1 aliphatic rings. The highest BCUT2D eigenvalue weighted by atomic mass is 35.5. The monoisotopic (exact) mass is 534 g/mol. The van der Waals surface area contributed by atoms with Gasteiger partial charge < -0.3 is 13.6 Å². The molecule has 0 N–H and O–H groups in total. The molecule has 0 radical (unpaired) electrons. The van der Waals surface area contributed by atoms with E-state index in [1.54, 1.807) is 0 Å². The van der Waals surface area contributed by atoms with E-state index in [-0.39, 0.29) is 33.0 Å². The van der Waals surface area contributed by atoms with Crippen LogP contribution in [0.25, 0.3) is 11.2 Å². The molecule has 3 atom stereocenters. The standard InChI is InChI=1S/C22H37ClF2N4O3Si2/c1-20(2,3)33(7,8)30-11-14-16(32-34(9,10)21(4,5)6)22(24,25)19(31-14)29-13-28-15-17(23)26-12-27-18(15)29/h12-14,16,19H,11H2,1-10H3/t14-,16-,19+/m0/s1. The number of aromatic nitrogens is 4. The highest BCUT2D eigenvalue weighted by Gasteiger charge is 2.63. The van der Waals surface area contributed by atoms with E-state index in [0.29, 0.717) is 0 Å². The quantitative estimate of drug-likeness (QED) is 0.314. The van der Waals surface area contributed by atoms with Crippen molar-refractivity contribution in [3.8, 4) is 0 Å². The van der Waals surface area contributed by atoms with Gasteiger partial charge in [-0.15, -0.1) is 0 Å². The van der Waals surface area contributed by atoms with Gasteiger partial charge in [0.1, 0.15) is 24.1 Å². The SMILES string of the molecule is CC(C)(C)[Si](C)(C)OC[C@@H]1O[C@@H](n2cnc3c(Cl)ncnc32)C(F)(F)[C@H]1O[Si](C)(C)C(C)(C)C. The van der Waals surface area contributed by atoms with Gasteiger partial charge in [-0.05, 0) is 36.3 Å². The molecule has 1 saturated heterocycles. The molecule has 0 aromatic carbocycles. The molecule has 0 unspecified atom stereocenters. The number of hydrogen-bond acceptors (Lipinski definition) is 6. The summed E-state index contributed by atoms with van der Waals surface area (Å²) < 4.78 is 52.0. The molecule has 0 amide bonds. The van der Waals surface area contributed by atoms with Crippen LogP contribution in [0.3, 0.4) is 0 Å². The molecule has 0 spiro atoms. The number of imidazole rings is 1. The fourth-order valence-corrected chi connectivity index (χ4v) is 5.73. The lowest BCUT2D eigenvalue weighted by molar-refractivity contribution is -0.135. The summed E-state index contributed by atoms with van der Waals surface area (Å²) in [5.74, 6) is -3.36. The Bertz CT molecular complexity index is 1040. The van der Waals surface area contributed by atoms with Crippen LogP contribution in [0.4, 0.5) is 8.78 Å². The average Bonchev–Trinajstić information content (AvgIpc) is 3.18. The number of fused-ring (bicyclic) bond motifs is 1. The van der Waals surface area contributed by atoms with Crippen LogP contribution in [0.15, 0.2) is 12.7 Å². The van der Waals surface area contributed by atoms with Crippen molar-refractivity contribution in [3.63, 3.8) is 0 Å². The second kappa shape index (κ2) is 8.84. The van der Waals surface area contributed by atoms with E-state index in [1.807, 2.05) is 33.9 Å². The molecule has 0 bridgehead atoms. The Balaban J connectivity index is 2.01. The van der Waals surface area contributed by atoms with Crippen molar-refractivity contribution in [2.45, 2.75) is 102 Å². The first-order valence-corrected chi connectivity index (χ1v) is 17.7. The van der Waals surface area contributed by atoms with Gasteiger partial charge in [0, 0.05) is 0 Å². The number of rotatable bonds is 6. The predicted octanol–water partition coefficient (Wildman–Crippen LogP) is 6.42. The van der Waals surface area contributed by atoms with Crippen LogP contribution in [0.2, 0.25) is 41.4 Å². The normalized spacial score (nSPS) is 24.2. The molecular weight excluding hydrogens is 498 g/mol. The third-order valence-corrected chi connectivity index (χ3v) is 16.8. The van der Waals surface area contributed by atoms with Gasteiger partial charge in [0.15, 0.2) is 27.4 Å². The molecule has 0 aliphatic carbocycles. The van der Waals surface area contributed by atoms with Crippen molar-refractivity contribution < 1.29 is 22.4 Å². The summed E-state index contributed by atoms with van der Waals surface area (Å²) in [6.07, 6.45) is -1.61. The molecular formula is C22H37ClF2N4O3Si2. The summed E-state index contributed by atoms with van der Waals surface area (Å²) in [5.41, 5.74) is 0.424. The predicted molar refractivity (Wildman–Crippen MR) is 134 cm³/mol. The maximum absolute atomic E-state index is 16.1. The van der Waals surface area contributed by atoms with Gasteiger partial charge in [-0.25, -0.2) is 15.0 Å². The first kappa shape index (κ1) is 27.6. The zero-order valence-corrected chi connectivity index (χ0v) is 24.5. The Morgan fingerprint density at radius 2 is 1.62 bits per heavy atom. The summed E-state index contributed by atoms with van der Waals surface area (Å²) in [6.45, 7) is 20.5. The number of halogens is 3. The van der Waals surface area contributed by atoms with E-state index in [1.165, 1.54) is 17.2 Å². The third kappa shape index (κ3) is 4.96. The minimum absolute atomic E-state index is 0.0181. The van der Waals surface area contributed by atoms with Crippen molar-refractivity contribution >= 4 is 39.4 Å². The van der Waals surface area contributed by atoms with Gasteiger partial charge in [0.25, 0.3) is 0 Å². The van der Waals surface area contributed by atoms with Crippen molar-refractivity contribution in [1.82, 2.24) is 19.5 Å². The Morgan fingerprint density at radius 1 is 1.03 bits per heavy atom. The van der Waals surface area contributed by atoms with E-state index >= 15 is 8.78 Å². The molecule has 2 aromatic rings. The van der Waals surface area contributed by atoms with E-state index in [4.69, 9.17) is 25.2 Å². The molecule has 192 valence electrons. The second-order valence-electron chi connectivity index (χ2n) is 12.1. The minimum Gasteiger partial charge on any atom is -0.414 e. The van der Waals surface area contributed by atoms with Crippen molar-refractivity contribution in [1.29, 1.82) is 0 Å². The zero-order chi connectivity index (χ0) is 25.9. The number of hydrogen-bond donors (Lipinski definition) is 0. The summed E-state index contributed by atoms with van der Waals surface area (Å²) in [5, 5.41) is -0.233. The van der Waals surface area contributed by atoms with Gasteiger partial charge in [0.2, 0.25) is 6.23 Å². The lowest BCUT2D eigenvalue weighted by atomic mass is 10.1. The summed E-state index contributed by atoms with van der Waals surface area (Å²) in [7, 11) is -4.77. The number of ether oxygens (including phenoxy) is 1. The van der Waals surface area contributed by atoms with Crippen LogP contribution in [0.1, 0.15) is 47.8 Å². The molecule has 1 aliphatic heterocycles. The van der Waals surface area contributed by atoms with Crippen LogP contribution in [-0.4, -0.2) is 60.9 Å².